The monoisotopic (exact) mass is 736 g/mol. The fourth-order valence-electron chi connectivity index (χ4n) is 6.85. The Hall–Kier alpha value is -5.92. The van der Waals surface area contributed by atoms with Gasteiger partial charge in [-0.25, -0.2) is 14.8 Å². The quantitative estimate of drug-likeness (QED) is 0.0976. The molecule has 1 unspecified atom stereocenters. The van der Waals surface area contributed by atoms with Crippen molar-refractivity contribution in [2.45, 2.75) is 91.7 Å². The number of nitrogens with one attached hydrogen (secondary N) is 4. The van der Waals surface area contributed by atoms with Crippen molar-refractivity contribution in [3.8, 4) is 28.1 Å². The van der Waals surface area contributed by atoms with Gasteiger partial charge in [0.2, 0.25) is 18.2 Å². The number of amides is 4. The molecule has 14 nitrogen and oxygen atoms in total. The molecule has 4 amide bonds. The van der Waals surface area contributed by atoms with Gasteiger partial charge in [0.05, 0.1) is 43.1 Å². The average molecular weight is 737 g/mol. The van der Waals surface area contributed by atoms with Crippen molar-refractivity contribution < 1.29 is 28.7 Å². The number of benzene rings is 3. The van der Waals surface area contributed by atoms with Crippen molar-refractivity contribution in [3.05, 3.63) is 65.9 Å². The zero-order chi connectivity index (χ0) is 38.5. The molecule has 6 rings (SSSR count). The number of nitrogens with zero attached hydrogens (tertiary/aromatic N) is 4. The summed E-state index contributed by atoms with van der Waals surface area (Å²) in [6.07, 6.45) is 3.71. The van der Waals surface area contributed by atoms with Crippen molar-refractivity contribution in [3.63, 3.8) is 0 Å². The molecule has 0 radical (unpaired) electrons. The van der Waals surface area contributed by atoms with Gasteiger partial charge in [-0.2, -0.15) is 0 Å². The van der Waals surface area contributed by atoms with E-state index in [1.54, 1.807) is 16.0 Å². The Bertz CT molecular complexity index is 2180. The average Bonchev–Trinajstić information content (AvgIpc) is 3.85. The fourth-order valence-corrected chi connectivity index (χ4v) is 6.85. The van der Waals surface area contributed by atoms with Gasteiger partial charge in [0.25, 0.3) is 0 Å². The van der Waals surface area contributed by atoms with E-state index in [4.69, 9.17) is 9.72 Å². The molecule has 54 heavy (non-hydrogen) atoms. The number of alkyl carbamates (subject to hydrolysis) is 1. The standard InChI is InChI=1S/C40H48N8O6/c1-7-23(4)47(37(50)18-42-40(52)53-6)20-36-44-32-13-11-25-15-30-28-12-10-26(14-27(28)21-54-34(30)16-29(25)38(32)46-36)33-17-41-35(45-33)19-48(24(5)8-2)39(51)31(9-3)43-22-49/h10-17,22-24,31H,7-9,18-21H2,1-6H3,(H,41,45)(H,42,52)(H,43,49)(H,44,46)/t23-,24-,31?/m0/s1. The minimum Gasteiger partial charge on any atom is -0.488 e. The first-order valence-electron chi connectivity index (χ1n) is 18.5. The maximum Gasteiger partial charge on any atom is 0.407 e. The highest BCUT2D eigenvalue weighted by Gasteiger charge is 2.27. The second-order valence-corrected chi connectivity index (χ2v) is 13.7. The Labute approximate surface area is 314 Å². The second-order valence-electron chi connectivity index (χ2n) is 13.7. The van der Waals surface area contributed by atoms with Crippen LogP contribution in [-0.4, -0.2) is 85.8 Å². The summed E-state index contributed by atoms with van der Waals surface area (Å²) in [4.78, 5) is 68.8. The summed E-state index contributed by atoms with van der Waals surface area (Å²) < 4.78 is 11.0. The second kappa shape index (κ2) is 16.4. The molecule has 0 spiro atoms. The molecule has 4 N–H and O–H groups in total. The number of aromatic amines is 2. The normalized spacial score (nSPS) is 13.6. The molecule has 0 fully saturated rings. The number of hydrogen-bond acceptors (Lipinski definition) is 8. The maximum atomic E-state index is 13.3. The molecule has 2 aromatic heterocycles. The lowest BCUT2D eigenvalue weighted by Gasteiger charge is -2.31. The van der Waals surface area contributed by atoms with Crippen LogP contribution in [0.3, 0.4) is 0 Å². The summed E-state index contributed by atoms with van der Waals surface area (Å²) in [6.45, 7) is 10.6. The Morgan fingerprint density at radius 2 is 1.70 bits per heavy atom. The molecule has 1 aliphatic heterocycles. The first kappa shape index (κ1) is 37.8. The van der Waals surface area contributed by atoms with Gasteiger partial charge < -0.3 is 39.9 Å². The molecule has 5 aromatic rings. The number of rotatable bonds is 15. The summed E-state index contributed by atoms with van der Waals surface area (Å²) in [6, 6.07) is 13.8. The van der Waals surface area contributed by atoms with Crippen molar-refractivity contribution in [2.75, 3.05) is 13.7 Å². The highest BCUT2D eigenvalue weighted by atomic mass is 16.5. The number of fused-ring (bicyclic) bond motifs is 6. The summed E-state index contributed by atoms with van der Waals surface area (Å²) in [5, 5.41) is 7.09. The van der Waals surface area contributed by atoms with E-state index in [2.05, 4.69) is 54.6 Å². The summed E-state index contributed by atoms with van der Waals surface area (Å²) >= 11 is 0. The Morgan fingerprint density at radius 3 is 2.43 bits per heavy atom. The van der Waals surface area contributed by atoms with Crippen LogP contribution >= 0.6 is 0 Å². The minimum atomic E-state index is -0.657. The molecule has 1 aliphatic rings. The largest absolute Gasteiger partial charge is 0.488 e. The van der Waals surface area contributed by atoms with Gasteiger partial charge >= 0.3 is 6.09 Å². The van der Waals surface area contributed by atoms with Crippen molar-refractivity contribution in [2.24, 2.45) is 0 Å². The molecule has 3 heterocycles. The van der Waals surface area contributed by atoms with Gasteiger partial charge in [-0.1, -0.05) is 39.0 Å². The molecule has 3 atom stereocenters. The molecule has 0 saturated carbocycles. The fraction of sp³-hybridized carbons (Fsp3) is 0.400. The Kier molecular flexibility index (Phi) is 11.5. The maximum absolute atomic E-state index is 13.3. The molecular formula is C40H48N8O6. The first-order valence-corrected chi connectivity index (χ1v) is 18.5. The predicted octanol–water partition coefficient (Wildman–Crippen LogP) is 5.80. The third-order valence-corrected chi connectivity index (χ3v) is 10.4. The van der Waals surface area contributed by atoms with Crippen molar-refractivity contribution >= 4 is 46.1 Å². The Morgan fingerprint density at radius 1 is 0.944 bits per heavy atom. The number of H-pyrrole nitrogens is 2. The number of imidazole rings is 2. The molecule has 0 saturated heterocycles. The predicted molar refractivity (Wildman–Crippen MR) is 205 cm³/mol. The van der Waals surface area contributed by atoms with Gasteiger partial charge in [0.1, 0.15) is 36.6 Å². The van der Waals surface area contributed by atoms with Crippen LogP contribution < -0.4 is 15.4 Å². The van der Waals surface area contributed by atoms with E-state index >= 15 is 0 Å². The van der Waals surface area contributed by atoms with Crippen molar-refractivity contribution in [1.29, 1.82) is 0 Å². The van der Waals surface area contributed by atoms with Crippen LogP contribution in [0.2, 0.25) is 0 Å². The number of ether oxygens (including phenoxy) is 2. The van der Waals surface area contributed by atoms with E-state index in [1.165, 1.54) is 7.11 Å². The minimum absolute atomic E-state index is 0.0317. The van der Waals surface area contributed by atoms with Crippen LogP contribution in [0.1, 0.15) is 71.1 Å². The van der Waals surface area contributed by atoms with E-state index in [1.807, 2.05) is 52.8 Å². The van der Waals surface area contributed by atoms with E-state index in [9.17, 15) is 19.2 Å². The van der Waals surface area contributed by atoms with Crippen LogP contribution in [0.5, 0.6) is 5.75 Å². The lowest BCUT2D eigenvalue weighted by atomic mass is 9.92. The lowest BCUT2D eigenvalue weighted by Crippen LogP contribution is -2.48. The smallest absolute Gasteiger partial charge is 0.407 e. The van der Waals surface area contributed by atoms with Crippen LogP contribution in [0.25, 0.3) is 44.2 Å². The highest BCUT2D eigenvalue weighted by Crippen LogP contribution is 2.42. The van der Waals surface area contributed by atoms with Crippen LogP contribution in [0.15, 0.2) is 48.7 Å². The van der Waals surface area contributed by atoms with Crippen molar-refractivity contribution in [1.82, 2.24) is 40.4 Å². The lowest BCUT2D eigenvalue weighted by molar-refractivity contribution is -0.137. The Balaban J connectivity index is 1.23. The molecule has 284 valence electrons. The third kappa shape index (κ3) is 7.73. The number of hydrogen-bond donors (Lipinski definition) is 4. The number of methoxy groups -OCH3 is 1. The molecule has 3 aromatic carbocycles. The molecular weight excluding hydrogens is 688 g/mol. The topological polar surface area (TPSA) is 175 Å². The first-order chi connectivity index (χ1) is 26.1. The zero-order valence-corrected chi connectivity index (χ0v) is 31.6. The number of carbonyl (C=O) groups is 4. The van der Waals surface area contributed by atoms with Crippen LogP contribution in [0.4, 0.5) is 4.79 Å². The highest BCUT2D eigenvalue weighted by molar-refractivity contribution is 6.07. The van der Waals surface area contributed by atoms with E-state index in [0.717, 1.165) is 68.3 Å². The summed E-state index contributed by atoms with van der Waals surface area (Å²) in [5.41, 5.74) is 6.53. The molecule has 0 aliphatic carbocycles. The molecule has 0 bridgehead atoms. The van der Waals surface area contributed by atoms with Gasteiger partial charge in [-0.3, -0.25) is 14.4 Å². The van der Waals surface area contributed by atoms with Crippen LogP contribution in [-0.2, 0) is 38.8 Å². The van der Waals surface area contributed by atoms with Gasteiger partial charge in [0, 0.05) is 23.0 Å². The van der Waals surface area contributed by atoms with Gasteiger partial charge in [0.15, 0.2) is 0 Å². The third-order valence-electron chi connectivity index (χ3n) is 10.4. The van der Waals surface area contributed by atoms with Gasteiger partial charge in [-0.15, -0.1) is 0 Å². The van der Waals surface area contributed by atoms with Gasteiger partial charge in [-0.05, 0) is 79.5 Å². The van der Waals surface area contributed by atoms with E-state index < -0.39 is 12.1 Å². The summed E-state index contributed by atoms with van der Waals surface area (Å²) in [5.74, 6) is 1.71. The SMILES string of the molecule is CCC(NC=O)C(=O)N(Cc1ncc(-c2ccc3c(c2)COc2cc4c(ccc5nc(CN(C(=O)CNC(=O)OC)[C@@H](C)CC)[nH]c54)cc2-3)[nH]1)[C@@H](C)CC. The number of carbonyl (C=O) groups excluding carboxylic acids is 4. The molecule has 14 heteroatoms. The van der Waals surface area contributed by atoms with Crippen LogP contribution in [0, 0.1) is 0 Å². The summed E-state index contributed by atoms with van der Waals surface area (Å²) in [7, 11) is 1.26. The number of aromatic nitrogens is 4. The zero-order valence-electron chi connectivity index (χ0n) is 31.6. The van der Waals surface area contributed by atoms with E-state index in [0.29, 0.717) is 37.6 Å². The van der Waals surface area contributed by atoms with E-state index in [-0.39, 0.29) is 37.0 Å².